The number of aryl methyl sites for hydroxylation is 2. The lowest BCUT2D eigenvalue weighted by molar-refractivity contribution is 0.697. The van der Waals surface area contributed by atoms with Gasteiger partial charge in [-0.15, -0.1) is 5.10 Å². The van der Waals surface area contributed by atoms with E-state index in [1.807, 2.05) is 24.1 Å². The smallest absolute Gasteiger partial charge is 0.170 e. The lowest BCUT2D eigenvalue weighted by Gasteiger charge is -2.26. The van der Waals surface area contributed by atoms with Crippen LogP contribution in [0.5, 0.6) is 0 Å². The average molecular weight is 310 g/mol. The van der Waals surface area contributed by atoms with Crippen molar-refractivity contribution < 1.29 is 0 Å². The summed E-state index contributed by atoms with van der Waals surface area (Å²) in [5, 5.41) is 22.8. The van der Waals surface area contributed by atoms with Crippen LogP contribution in [0, 0.1) is 11.3 Å². The standard InChI is InChI=1S/C17H22N6/c1-4-13-14(9-18)17(21-20-15(13)5-2)23-8-6-7-16(23)12-10-19-22(3)11-12/h10-11,16H,4-8H2,1-3H3. The minimum Gasteiger partial charge on any atom is -0.347 e. The maximum atomic E-state index is 9.71. The van der Waals surface area contributed by atoms with Crippen LogP contribution < -0.4 is 4.90 Å². The van der Waals surface area contributed by atoms with E-state index in [4.69, 9.17) is 0 Å². The van der Waals surface area contributed by atoms with Crippen molar-refractivity contribution in [1.29, 1.82) is 5.26 Å². The summed E-state index contributed by atoms with van der Waals surface area (Å²) in [4.78, 5) is 2.22. The van der Waals surface area contributed by atoms with Crippen molar-refractivity contribution in [2.45, 2.75) is 45.6 Å². The van der Waals surface area contributed by atoms with E-state index in [9.17, 15) is 5.26 Å². The van der Waals surface area contributed by atoms with Crippen LogP contribution in [-0.2, 0) is 19.9 Å². The van der Waals surface area contributed by atoms with E-state index in [1.165, 1.54) is 5.56 Å². The third-order valence-electron chi connectivity index (χ3n) is 4.57. The molecule has 2 aromatic rings. The van der Waals surface area contributed by atoms with Crippen molar-refractivity contribution in [3.05, 3.63) is 34.8 Å². The molecule has 1 aliphatic heterocycles. The van der Waals surface area contributed by atoms with Gasteiger partial charge in [0.2, 0.25) is 0 Å². The number of nitriles is 1. The molecule has 1 unspecified atom stereocenters. The number of anilines is 1. The van der Waals surface area contributed by atoms with Crippen LogP contribution in [0.3, 0.4) is 0 Å². The van der Waals surface area contributed by atoms with E-state index in [1.54, 1.807) is 0 Å². The number of aromatic nitrogens is 4. The first kappa shape index (κ1) is 15.5. The lowest BCUT2D eigenvalue weighted by atomic mass is 10.0. The summed E-state index contributed by atoms with van der Waals surface area (Å²) in [5.74, 6) is 0.730. The Kier molecular flexibility index (Phi) is 4.28. The fourth-order valence-corrected chi connectivity index (χ4v) is 3.46. The summed E-state index contributed by atoms with van der Waals surface area (Å²) in [5.41, 5.74) is 3.84. The lowest BCUT2D eigenvalue weighted by Crippen LogP contribution is -2.25. The van der Waals surface area contributed by atoms with Crippen LogP contribution >= 0.6 is 0 Å². The van der Waals surface area contributed by atoms with Crippen molar-refractivity contribution in [3.63, 3.8) is 0 Å². The van der Waals surface area contributed by atoms with E-state index < -0.39 is 0 Å². The first-order chi connectivity index (χ1) is 11.2. The third-order valence-corrected chi connectivity index (χ3v) is 4.57. The van der Waals surface area contributed by atoms with Gasteiger partial charge in [0, 0.05) is 25.4 Å². The van der Waals surface area contributed by atoms with Crippen LogP contribution in [0.25, 0.3) is 0 Å². The Morgan fingerprint density at radius 2 is 2.13 bits per heavy atom. The van der Waals surface area contributed by atoms with E-state index in [0.717, 1.165) is 49.3 Å². The van der Waals surface area contributed by atoms with Crippen molar-refractivity contribution in [3.8, 4) is 6.07 Å². The minimum atomic E-state index is 0.224. The predicted octanol–water partition coefficient (Wildman–Crippen LogP) is 2.55. The normalized spacial score (nSPS) is 17.5. The summed E-state index contributed by atoms with van der Waals surface area (Å²) in [6, 6.07) is 2.60. The van der Waals surface area contributed by atoms with Crippen molar-refractivity contribution in [1.82, 2.24) is 20.0 Å². The molecular weight excluding hydrogens is 288 g/mol. The Hall–Kier alpha value is -2.42. The second kappa shape index (κ2) is 6.37. The highest BCUT2D eigenvalue weighted by molar-refractivity contribution is 5.59. The molecule has 1 fully saturated rings. The SMILES string of the molecule is CCc1nnc(N2CCCC2c2cnn(C)c2)c(C#N)c1CC. The van der Waals surface area contributed by atoms with Gasteiger partial charge in [0.05, 0.1) is 17.9 Å². The largest absolute Gasteiger partial charge is 0.347 e. The van der Waals surface area contributed by atoms with Crippen LogP contribution in [0.1, 0.15) is 55.1 Å². The second-order valence-corrected chi connectivity index (χ2v) is 5.94. The molecule has 0 spiro atoms. The fourth-order valence-electron chi connectivity index (χ4n) is 3.46. The maximum Gasteiger partial charge on any atom is 0.170 e. The average Bonchev–Trinajstić information content (AvgIpc) is 3.21. The molecular formula is C17H22N6. The quantitative estimate of drug-likeness (QED) is 0.868. The highest BCUT2D eigenvalue weighted by Gasteiger charge is 2.31. The topological polar surface area (TPSA) is 70.6 Å². The molecule has 3 rings (SSSR count). The van der Waals surface area contributed by atoms with E-state index in [2.05, 4.69) is 40.1 Å². The molecule has 1 saturated heterocycles. The monoisotopic (exact) mass is 310 g/mol. The zero-order valence-electron chi connectivity index (χ0n) is 14.0. The number of hydrogen-bond acceptors (Lipinski definition) is 5. The molecule has 3 heterocycles. The first-order valence-electron chi connectivity index (χ1n) is 8.23. The molecule has 0 aliphatic carbocycles. The number of hydrogen-bond donors (Lipinski definition) is 0. The number of nitrogens with zero attached hydrogens (tertiary/aromatic N) is 6. The molecule has 1 aliphatic rings. The molecule has 23 heavy (non-hydrogen) atoms. The summed E-state index contributed by atoms with van der Waals surface area (Å²) in [7, 11) is 1.93. The Labute approximate surface area is 136 Å². The van der Waals surface area contributed by atoms with Gasteiger partial charge in [-0.2, -0.15) is 15.5 Å². The molecule has 0 N–H and O–H groups in total. The van der Waals surface area contributed by atoms with Gasteiger partial charge in [0.25, 0.3) is 0 Å². The van der Waals surface area contributed by atoms with E-state index in [-0.39, 0.29) is 6.04 Å². The Morgan fingerprint density at radius 1 is 1.30 bits per heavy atom. The molecule has 0 saturated carbocycles. The molecule has 6 heteroatoms. The zero-order chi connectivity index (χ0) is 16.4. The number of rotatable bonds is 4. The van der Waals surface area contributed by atoms with Crippen LogP contribution in [0.4, 0.5) is 5.82 Å². The molecule has 0 aromatic carbocycles. The molecule has 0 radical (unpaired) electrons. The predicted molar refractivity (Wildman–Crippen MR) is 88.0 cm³/mol. The molecule has 120 valence electrons. The summed E-state index contributed by atoms with van der Waals surface area (Å²) < 4.78 is 1.82. The van der Waals surface area contributed by atoms with Gasteiger partial charge in [0.1, 0.15) is 11.6 Å². The molecule has 2 aromatic heterocycles. The zero-order valence-corrected chi connectivity index (χ0v) is 14.0. The molecule has 0 amide bonds. The summed E-state index contributed by atoms with van der Waals surface area (Å²) >= 11 is 0. The van der Waals surface area contributed by atoms with Gasteiger partial charge >= 0.3 is 0 Å². The summed E-state index contributed by atoms with van der Waals surface area (Å²) in [6.45, 7) is 5.03. The van der Waals surface area contributed by atoms with Crippen molar-refractivity contribution in [2.75, 3.05) is 11.4 Å². The third kappa shape index (κ3) is 2.67. The fraction of sp³-hybridized carbons (Fsp3) is 0.529. The first-order valence-corrected chi connectivity index (χ1v) is 8.23. The highest BCUT2D eigenvalue weighted by Crippen LogP contribution is 2.37. The van der Waals surface area contributed by atoms with Gasteiger partial charge in [-0.05, 0) is 31.2 Å². The van der Waals surface area contributed by atoms with E-state index in [0.29, 0.717) is 5.56 Å². The maximum absolute atomic E-state index is 9.71. The van der Waals surface area contributed by atoms with Crippen LogP contribution in [0.15, 0.2) is 12.4 Å². The van der Waals surface area contributed by atoms with Crippen LogP contribution in [0.2, 0.25) is 0 Å². The Morgan fingerprint density at radius 3 is 2.74 bits per heavy atom. The van der Waals surface area contributed by atoms with Crippen molar-refractivity contribution in [2.24, 2.45) is 7.05 Å². The highest BCUT2D eigenvalue weighted by atomic mass is 15.3. The van der Waals surface area contributed by atoms with E-state index >= 15 is 0 Å². The second-order valence-electron chi connectivity index (χ2n) is 5.94. The Balaban J connectivity index is 2.05. The minimum absolute atomic E-state index is 0.224. The van der Waals surface area contributed by atoms with Crippen molar-refractivity contribution >= 4 is 5.82 Å². The van der Waals surface area contributed by atoms with Gasteiger partial charge in [-0.1, -0.05) is 13.8 Å². The van der Waals surface area contributed by atoms with Crippen LogP contribution in [-0.4, -0.2) is 26.5 Å². The molecule has 0 bridgehead atoms. The van der Waals surface area contributed by atoms with Gasteiger partial charge < -0.3 is 4.90 Å². The van der Waals surface area contributed by atoms with Gasteiger partial charge in [0.15, 0.2) is 5.82 Å². The van der Waals surface area contributed by atoms with Gasteiger partial charge in [-0.25, -0.2) is 0 Å². The summed E-state index contributed by atoms with van der Waals surface area (Å²) in [6.07, 6.45) is 7.70. The molecule has 6 nitrogen and oxygen atoms in total. The molecule has 1 atom stereocenters. The Bertz CT molecular complexity index is 742. The van der Waals surface area contributed by atoms with Gasteiger partial charge in [-0.3, -0.25) is 4.68 Å².